The smallest absolute Gasteiger partial charge is 0.308 e. The molecule has 0 aliphatic heterocycles. The summed E-state index contributed by atoms with van der Waals surface area (Å²) < 4.78 is 0. The summed E-state index contributed by atoms with van der Waals surface area (Å²) in [4.78, 5) is 22.8. The van der Waals surface area contributed by atoms with Crippen molar-refractivity contribution in [3.05, 3.63) is 29.8 Å². The van der Waals surface area contributed by atoms with Crippen LogP contribution in [0.3, 0.4) is 0 Å². The monoisotopic (exact) mass is 279 g/mol. The van der Waals surface area contributed by atoms with Crippen LogP contribution in [-0.2, 0) is 16.0 Å². The van der Waals surface area contributed by atoms with Gasteiger partial charge in [-0.2, -0.15) is 0 Å². The van der Waals surface area contributed by atoms with Gasteiger partial charge in [0.25, 0.3) is 0 Å². The second kappa shape index (κ2) is 7.53. The number of carbonyl (C=O) groups is 2. The Morgan fingerprint density at radius 2 is 1.80 bits per heavy atom. The number of rotatable bonds is 7. The highest BCUT2D eigenvalue weighted by molar-refractivity contribution is 5.79. The number of carbonyl (C=O) groups excluding carboxylic acids is 1. The van der Waals surface area contributed by atoms with Gasteiger partial charge >= 0.3 is 5.97 Å². The van der Waals surface area contributed by atoms with E-state index in [1.54, 1.807) is 12.1 Å². The van der Waals surface area contributed by atoms with Crippen molar-refractivity contribution in [1.82, 2.24) is 5.32 Å². The summed E-state index contributed by atoms with van der Waals surface area (Å²) >= 11 is 0. The van der Waals surface area contributed by atoms with Crippen LogP contribution in [0.25, 0.3) is 0 Å². The molecular formula is C15H21NO4. The van der Waals surface area contributed by atoms with Crippen LogP contribution in [0, 0.1) is 11.8 Å². The van der Waals surface area contributed by atoms with Gasteiger partial charge in [0.15, 0.2) is 0 Å². The normalized spacial score (nSPS) is 12.2. The molecule has 1 aromatic carbocycles. The van der Waals surface area contributed by atoms with Crippen molar-refractivity contribution >= 4 is 11.9 Å². The van der Waals surface area contributed by atoms with Crippen LogP contribution in [0.5, 0.6) is 5.75 Å². The van der Waals surface area contributed by atoms with Crippen molar-refractivity contribution in [3.8, 4) is 5.75 Å². The zero-order valence-electron chi connectivity index (χ0n) is 11.8. The third-order valence-electron chi connectivity index (χ3n) is 2.95. The molecule has 0 radical (unpaired) electrons. The number of carboxylic acids is 1. The van der Waals surface area contributed by atoms with Gasteiger partial charge in [-0.1, -0.05) is 26.0 Å². The maximum Gasteiger partial charge on any atom is 0.308 e. The van der Waals surface area contributed by atoms with Gasteiger partial charge in [0, 0.05) is 6.54 Å². The molecule has 0 aliphatic rings. The second-order valence-corrected chi connectivity index (χ2v) is 5.31. The summed E-state index contributed by atoms with van der Waals surface area (Å²) in [5, 5.41) is 20.9. The van der Waals surface area contributed by atoms with E-state index in [0.29, 0.717) is 6.42 Å². The molecule has 20 heavy (non-hydrogen) atoms. The van der Waals surface area contributed by atoms with Crippen molar-refractivity contribution in [3.63, 3.8) is 0 Å². The number of carboxylic acid groups (broad SMARTS) is 1. The molecule has 0 aromatic heterocycles. The molecule has 0 bridgehead atoms. The average Bonchev–Trinajstić information content (AvgIpc) is 2.36. The molecular weight excluding hydrogens is 258 g/mol. The summed E-state index contributed by atoms with van der Waals surface area (Å²) in [7, 11) is 0. The van der Waals surface area contributed by atoms with Crippen LogP contribution in [-0.4, -0.2) is 28.6 Å². The average molecular weight is 279 g/mol. The van der Waals surface area contributed by atoms with E-state index in [9.17, 15) is 9.59 Å². The fourth-order valence-corrected chi connectivity index (χ4v) is 1.94. The third-order valence-corrected chi connectivity index (χ3v) is 2.95. The molecule has 1 atom stereocenters. The van der Waals surface area contributed by atoms with Crippen LogP contribution < -0.4 is 5.32 Å². The lowest BCUT2D eigenvalue weighted by atomic mass is 9.97. The third kappa shape index (κ3) is 5.73. The summed E-state index contributed by atoms with van der Waals surface area (Å²) in [6.45, 7) is 4.05. The van der Waals surface area contributed by atoms with Crippen molar-refractivity contribution in [2.24, 2.45) is 11.8 Å². The van der Waals surface area contributed by atoms with Crippen molar-refractivity contribution in [1.29, 1.82) is 0 Å². The molecule has 5 heteroatoms. The van der Waals surface area contributed by atoms with E-state index in [1.165, 1.54) is 12.1 Å². The topological polar surface area (TPSA) is 86.6 Å². The first-order valence-electron chi connectivity index (χ1n) is 6.66. The molecule has 1 amide bonds. The summed E-state index contributed by atoms with van der Waals surface area (Å²) in [5.74, 6) is -1.24. The first-order chi connectivity index (χ1) is 9.38. The predicted molar refractivity (Wildman–Crippen MR) is 75.4 cm³/mol. The van der Waals surface area contributed by atoms with Gasteiger partial charge in [0.1, 0.15) is 5.75 Å². The highest BCUT2D eigenvalue weighted by atomic mass is 16.4. The number of nitrogens with one attached hydrogen (secondary N) is 1. The number of amides is 1. The van der Waals surface area contributed by atoms with E-state index in [2.05, 4.69) is 5.32 Å². The summed E-state index contributed by atoms with van der Waals surface area (Å²) in [5.41, 5.74) is 0.774. The Labute approximate surface area is 118 Å². The minimum absolute atomic E-state index is 0.143. The SMILES string of the molecule is CC(C)CC(CNC(=O)Cc1ccc(O)cc1)C(=O)O. The van der Waals surface area contributed by atoms with E-state index in [1.807, 2.05) is 13.8 Å². The number of hydrogen-bond acceptors (Lipinski definition) is 3. The first kappa shape index (κ1) is 16.0. The van der Waals surface area contributed by atoms with Crippen molar-refractivity contribution < 1.29 is 19.8 Å². The maximum atomic E-state index is 11.7. The molecule has 0 saturated heterocycles. The number of aliphatic carboxylic acids is 1. The zero-order valence-corrected chi connectivity index (χ0v) is 11.8. The molecule has 0 spiro atoms. The molecule has 1 rings (SSSR count). The Bertz CT molecular complexity index is 453. The van der Waals surface area contributed by atoms with Crippen LogP contribution in [0.15, 0.2) is 24.3 Å². The van der Waals surface area contributed by atoms with E-state index in [4.69, 9.17) is 10.2 Å². The maximum absolute atomic E-state index is 11.7. The van der Waals surface area contributed by atoms with Gasteiger partial charge in [-0.25, -0.2) is 0 Å². The van der Waals surface area contributed by atoms with Gasteiger partial charge < -0.3 is 15.5 Å². The number of benzene rings is 1. The number of phenols is 1. The highest BCUT2D eigenvalue weighted by Gasteiger charge is 2.19. The van der Waals surface area contributed by atoms with Crippen LogP contribution in [0.4, 0.5) is 0 Å². The van der Waals surface area contributed by atoms with Gasteiger partial charge in [-0.05, 0) is 30.0 Å². The molecule has 110 valence electrons. The highest BCUT2D eigenvalue weighted by Crippen LogP contribution is 2.12. The van der Waals surface area contributed by atoms with Crippen LogP contribution in [0.2, 0.25) is 0 Å². The molecule has 5 nitrogen and oxygen atoms in total. The van der Waals surface area contributed by atoms with Gasteiger partial charge in [-0.15, -0.1) is 0 Å². The largest absolute Gasteiger partial charge is 0.508 e. The molecule has 1 aromatic rings. The van der Waals surface area contributed by atoms with Gasteiger partial charge in [0.05, 0.1) is 12.3 Å². The Balaban J connectivity index is 2.45. The van der Waals surface area contributed by atoms with Crippen molar-refractivity contribution in [2.45, 2.75) is 26.7 Å². The lowest BCUT2D eigenvalue weighted by molar-refractivity contribution is -0.142. The Kier molecular flexibility index (Phi) is 6.03. The number of aromatic hydroxyl groups is 1. The van der Waals surface area contributed by atoms with Gasteiger partial charge in [-0.3, -0.25) is 9.59 Å². The number of phenolic OH excluding ortho intramolecular Hbond substituents is 1. The number of hydrogen-bond donors (Lipinski definition) is 3. The Morgan fingerprint density at radius 1 is 1.20 bits per heavy atom. The summed E-state index contributed by atoms with van der Waals surface area (Å²) in [6, 6.07) is 6.36. The molecule has 0 fully saturated rings. The van der Waals surface area contributed by atoms with Crippen LogP contribution >= 0.6 is 0 Å². The minimum Gasteiger partial charge on any atom is -0.508 e. The lowest BCUT2D eigenvalue weighted by Gasteiger charge is -2.15. The second-order valence-electron chi connectivity index (χ2n) is 5.31. The summed E-state index contributed by atoms with van der Waals surface area (Å²) in [6.07, 6.45) is 0.711. The fraction of sp³-hybridized carbons (Fsp3) is 0.467. The predicted octanol–water partition coefficient (Wildman–Crippen LogP) is 1.80. The lowest BCUT2D eigenvalue weighted by Crippen LogP contribution is -2.34. The molecule has 1 unspecified atom stereocenters. The fourth-order valence-electron chi connectivity index (χ4n) is 1.94. The van der Waals surface area contributed by atoms with E-state index in [-0.39, 0.29) is 30.5 Å². The molecule has 0 saturated carbocycles. The standard InChI is InChI=1S/C15H21NO4/c1-10(2)7-12(15(19)20)9-16-14(18)8-11-3-5-13(17)6-4-11/h3-6,10,12,17H,7-9H2,1-2H3,(H,16,18)(H,19,20). The molecule has 0 aliphatic carbocycles. The Hall–Kier alpha value is -2.04. The minimum atomic E-state index is -0.886. The van der Waals surface area contributed by atoms with E-state index < -0.39 is 11.9 Å². The zero-order chi connectivity index (χ0) is 15.1. The molecule has 0 heterocycles. The Morgan fingerprint density at radius 3 is 2.30 bits per heavy atom. The molecule has 3 N–H and O–H groups in total. The van der Waals surface area contributed by atoms with E-state index >= 15 is 0 Å². The van der Waals surface area contributed by atoms with Crippen LogP contribution in [0.1, 0.15) is 25.8 Å². The first-order valence-corrected chi connectivity index (χ1v) is 6.66. The van der Waals surface area contributed by atoms with Crippen molar-refractivity contribution in [2.75, 3.05) is 6.54 Å². The quantitative estimate of drug-likeness (QED) is 0.710. The van der Waals surface area contributed by atoms with E-state index in [0.717, 1.165) is 5.56 Å². The van der Waals surface area contributed by atoms with Gasteiger partial charge in [0.2, 0.25) is 5.91 Å².